The molecule has 0 radical (unpaired) electrons. The van der Waals surface area contributed by atoms with Crippen molar-refractivity contribution in [3.63, 3.8) is 0 Å². The number of anilines is 1. The Balaban J connectivity index is 1.88. The van der Waals surface area contributed by atoms with Crippen molar-refractivity contribution in [2.45, 2.75) is 26.7 Å². The lowest BCUT2D eigenvalue weighted by Crippen LogP contribution is -2.38. The van der Waals surface area contributed by atoms with Crippen LogP contribution < -0.4 is 15.0 Å². The average Bonchev–Trinajstić information content (AvgIpc) is 2.46. The molecule has 0 unspecified atom stereocenters. The number of hydrogen-bond acceptors (Lipinski definition) is 5. The van der Waals surface area contributed by atoms with E-state index in [1.807, 2.05) is 13.0 Å². The molecule has 2 heterocycles. The van der Waals surface area contributed by atoms with Crippen molar-refractivity contribution in [2.24, 2.45) is 5.92 Å². The molecule has 1 fully saturated rings. The minimum absolute atomic E-state index is 0.640. The summed E-state index contributed by atoms with van der Waals surface area (Å²) in [5.74, 6) is 2.25. The van der Waals surface area contributed by atoms with Crippen LogP contribution in [-0.2, 0) is 0 Å². The Kier molecular flexibility index (Phi) is 5.39. The van der Waals surface area contributed by atoms with E-state index in [1.165, 1.54) is 12.8 Å². The van der Waals surface area contributed by atoms with Crippen molar-refractivity contribution < 1.29 is 4.74 Å². The molecule has 1 aromatic rings. The largest absolute Gasteiger partial charge is 0.478 e. The van der Waals surface area contributed by atoms with Crippen molar-refractivity contribution in [3.8, 4) is 5.88 Å². The molecule has 0 aliphatic carbocycles. The van der Waals surface area contributed by atoms with Crippen molar-refractivity contribution in [1.82, 2.24) is 15.3 Å². The van der Waals surface area contributed by atoms with Gasteiger partial charge in [0, 0.05) is 25.4 Å². The Hall–Kier alpha value is -1.36. The maximum Gasteiger partial charge on any atom is 0.228 e. The summed E-state index contributed by atoms with van der Waals surface area (Å²) in [5.41, 5.74) is 0. The number of nitrogens with one attached hydrogen (secondary N) is 1. The number of ether oxygens (including phenoxy) is 1. The van der Waals surface area contributed by atoms with Gasteiger partial charge in [0.05, 0.1) is 6.61 Å². The van der Waals surface area contributed by atoms with Gasteiger partial charge in [0.25, 0.3) is 0 Å². The van der Waals surface area contributed by atoms with Gasteiger partial charge in [-0.25, -0.2) is 4.98 Å². The van der Waals surface area contributed by atoms with Crippen LogP contribution in [0, 0.1) is 5.92 Å². The van der Waals surface area contributed by atoms with E-state index in [2.05, 4.69) is 27.1 Å². The molecule has 1 N–H and O–H groups in total. The SMILES string of the molecule is CCNCC1CCN(c2nccc(OCC)n2)CC1. The molecular formula is C14H24N4O. The second kappa shape index (κ2) is 7.28. The third-order valence-electron chi connectivity index (χ3n) is 3.49. The molecule has 0 spiro atoms. The van der Waals surface area contributed by atoms with Crippen molar-refractivity contribution in [1.29, 1.82) is 0 Å². The molecule has 1 aliphatic heterocycles. The highest BCUT2D eigenvalue weighted by Crippen LogP contribution is 2.21. The van der Waals surface area contributed by atoms with E-state index in [9.17, 15) is 0 Å². The van der Waals surface area contributed by atoms with Crippen LogP contribution in [-0.4, -0.2) is 42.8 Å². The van der Waals surface area contributed by atoms with Gasteiger partial charge >= 0.3 is 0 Å². The van der Waals surface area contributed by atoms with E-state index in [1.54, 1.807) is 6.20 Å². The second-order valence-electron chi connectivity index (χ2n) is 4.87. The van der Waals surface area contributed by atoms with Crippen LogP contribution in [0.25, 0.3) is 0 Å². The molecule has 0 atom stereocenters. The van der Waals surface area contributed by atoms with E-state index in [4.69, 9.17) is 4.74 Å². The Labute approximate surface area is 115 Å². The van der Waals surface area contributed by atoms with Crippen LogP contribution in [0.15, 0.2) is 12.3 Å². The first-order valence-electron chi connectivity index (χ1n) is 7.25. The van der Waals surface area contributed by atoms with Crippen LogP contribution >= 0.6 is 0 Å². The maximum atomic E-state index is 5.42. The Morgan fingerprint density at radius 2 is 2.16 bits per heavy atom. The lowest BCUT2D eigenvalue weighted by Gasteiger charge is -2.32. The summed E-state index contributed by atoms with van der Waals surface area (Å²) in [6.45, 7) is 9.01. The molecule has 106 valence electrons. The predicted octanol–water partition coefficient (Wildman–Crippen LogP) is 1.70. The van der Waals surface area contributed by atoms with Gasteiger partial charge in [-0.15, -0.1) is 0 Å². The van der Waals surface area contributed by atoms with Gasteiger partial charge in [0.15, 0.2) is 0 Å². The van der Waals surface area contributed by atoms with Gasteiger partial charge in [-0.3, -0.25) is 0 Å². The maximum absolute atomic E-state index is 5.42. The summed E-state index contributed by atoms with van der Waals surface area (Å²) in [4.78, 5) is 11.1. The number of nitrogens with zero attached hydrogens (tertiary/aromatic N) is 3. The van der Waals surface area contributed by atoms with Crippen molar-refractivity contribution >= 4 is 5.95 Å². The smallest absolute Gasteiger partial charge is 0.228 e. The van der Waals surface area contributed by atoms with Crippen LogP contribution in [0.1, 0.15) is 26.7 Å². The molecule has 2 rings (SSSR count). The molecule has 5 heteroatoms. The standard InChI is InChI=1S/C14H24N4O/c1-3-15-11-12-6-9-18(10-7-12)14-16-8-5-13(17-14)19-4-2/h5,8,12,15H,3-4,6-7,9-11H2,1-2H3. The minimum Gasteiger partial charge on any atom is -0.478 e. The zero-order chi connectivity index (χ0) is 13.5. The van der Waals surface area contributed by atoms with E-state index in [0.29, 0.717) is 12.5 Å². The molecule has 0 saturated carbocycles. The van der Waals surface area contributed by atoms with Crippen LogP contribution in [0.3, 0.4) is 0 Å². The highest BCUT2D eigenvalue weighted by atomic mass is 16.5. The van der Waals surface area contributed by atoms with E-state index < -0.39 is 0 Å². The molecule has 5 nitrogen and oxygen atoms in total. The molecule has 19 heavy (non-hydrogen) atoms. The lowest BCUT2D eigenvalue weighted by atomic mass is 9.97. The first kappa shape index (κ1) is 14.1. The van der Waals surface area contributed by atoms with Gasteiger partial charge < -0.3 is 15.0 Å². The monoisotopic (exact) mass is 264 g/mol. The summed E-state index contributed by atoms with van der Waals surface area (Å²) in [6, 6.07) is 1.81. The van der Waals surface area contributed by atoms with Gasteiger partial charge in [0.2, 0.25) is 11.8 Å². The fourth-order valence-corrected chi connectivity index (χ4v) is 2.40. The zero-order valence-corrected chi connectivity index (χ0v) is 11.9. The van der Waals surface area contributed by atoms with Crippen LogP contribution in [0.5, 0.6) is 5.88 Å². The molecule has 0 amide bonds. The molecule has 1 aliphatic rings. The fourth-order valence-electron chi connectivity index (χ4n) is 2.40. The molecule has 0 aromatic carbocycles. The summed E-state index contributed by atoms with van der Waals surface area (Å²) in [5, 5.41) is 3.43. The second-order valence-corrected chi connectivity index (χ2v) is 4.87. The molecular weight excluding hydrogens is 240 g/mol. The molecule has 1 saturated heterocycles. The Morgan fingerprint density at radius 1 is 1.37 bits per heavy atom. The van der Waals surface area contributed by atoms with Gasteiger partial charge in [-0.1, -0.05) is 6.92 Å². The molecule has 1 aromatic heterocycles. The van der Waals surface area contributed by atoms with E-state index in [0.717, 1.165) is 38.0 Å². The third kappa shape index (κ3) is 4.06. The zero-order valence-electron chi connectivity index (χ0n) is 11.9. The third-order valence-corrected chi connectivity index (χ3v) is 3.49. The summed E-state index contributed by atoms with van der Waals surface area (Å²) >= 11 is 0. The number of hydrogen-bond donors (Lipinski definition) is 1. The van der Waals surface area contributed by atoms with Crippen LogP contribution in [0.2, 0.25) is 0 Å². The average molecular weight is 264 g/mol. The summed E-state index contributed by atoms with van der Waals surface area (Å²) in [6.07, 6.45) is 4.18. The van der Waals surface area contributed by atoms with Crippen molar-refractivity contribution in [3.05, 3.63) is 12.3 Å². The van der Waals surface area contributed by atoms with E-state index in [-0.39, 0.29) is 0 Å². The quantitative estimate of drug-likeness (QED) is 0.847. The first-order chi connectivity index (χ1) is 9.33. The number of rotatable bonds is 6. The van der Waals surface area contributed by atoms with Crippen molar-refractivity contribution in [2.75, 3.05) is 37.7 Å². The highest BCUT2D eigenvalue weighted by Gasteiger charge is 2.20. The first-order valence-corrected chi connectivity index (χ1v) is 7.25. The molecule has 0 bridgehead atoms. The Bertz CT molecular complexity index is 377. The van der Waals surface area contributed by atoms with E-state index >= 15 is 0 Å². The normalized spacial score (nSPS) is 16.6. The van der Waals surface area contributed by atoms with Gasteiger partial charge in [0.1, 0.15) is 0 Å². The topological polar surface area (TPSA) is 50.3 Å². The van der Waals surface area contributed by atoms with Crippen LogP contribution in [0.4, 0.5) is 5.95 Å². The number of aromatic nitrogens is 2. The number of piperidine rings is 1. The Morgan fingerprint density at radius 3 is 2.84 bits per heavy atom. The fraction of sp³-hybridized carbons (Fsp3) is 0.714. The minimum atomic E-state index is 0.640. The van der Waals surface area contributed by atoms with Gasteiger partial charge in [-0.2, -0.15) is 4.98 Å². The highest BCUT2D eigenvalue weighted by molar-refractivity contribution is 5.32. The predicted molar refractivity (Wildman–Crippen MR) is 76.7 cm³/mol. The summed E-state index contributed by atoms with van der Waals surface area (Å²) in [7, 11) is 0. The van der Waals surface area contributed by atoms with Gasteiger partial charge in [-0.05, 0) is 38.8 Å². The summed E-state index contributed by atoms with van der Waals surface area (Å²) < 4.78 is 5.42. The lowest BCUT2D eigenvalue weighted by molar-refractivity contribution is 0.325.